The molecule has 0 spiro atoms. The van der Waals surface area contributed by atoms with Gasteiger partial charge in [-0.1, -0.05) is 0 Å². The van der Waals surface area contributed by atoms with E-state index in [0.717, 1.165) is 5.56 Å². The summed E-state index contributed by atoms with van der Waals surface area (Å²) in [5.41, 5.74) is 6.67. The van der Waals surface area contributed by atoms with Crippen LogP contribution >= 0.6 is 0 Å². The SMILES string of the molecule is COc1cc(C)cc(OC)c1[C@H](N)CC(F)(F)F. The van der Waals surface area contributed by atoms with Crippen molar-refractivity contribution in [1.29, 1.82) is 0 Å². The maximum absolute atomic E-state index is 12.4. The van der Waals surface area contributed by atoms with Gasteiger partial charge in [-0.25, -0.2) is 0 Å². The zero-order valence-electron chi connectivity index (χ0n) is 10.5. The molecule has 1 aromatic rings. The molecule has 18 heavy (non-hydrogen) atoms. The van der Waals surface area contributed by atoms with Crippen molar-refractivity contribution in [2.24, 2.45) is 5.73 Å². The number of halogens is 3. The van der Waals surface area contributed by atoms with Gasteiger partial charge in [0, 0.05) is 6.04 Å². The second-order valence-electron chi connectivity index (χ2n) is 4.01. The number of nitrogens with two attached hydrogens (primary N) is 1. The fraction of sp³-hybridized carbons (Fsp3) is 0.500. The molecule has 0 aliphatic rings. The summed E-state index contributed by atoms with van der Waals surface area (Å²) in [6.45, 7) is 1.80. The Bertz CT molecular complexity index is 393. The van der Waals surface area contributed by atoms with Crippen molar-refractivity contribution in [1.82, 2.24) is 0 Å². The van der Waals surface area contributed by atoms with Crippen molar-refractivity contribution >= 4 is 0 Å². The Morgan fingerprint density at radius 2 is 1.61 bits per heavy atom. The molecule has 1 atom stereocenters. The van der Waals surface area contributed by atoms with Gasteiger partial charge in [0.25, 0.3) is 0 Å². The van der Waals surface area contributed by atoms with Gasteiger partial charge in [0.15, 0.2) is 0 Å². The molecule has 0 heterocycles. The van der Waals surface area contributed by atoms with E-state index in [0.29, 0.717) is 11.5 Å². The molecule has 2 N–H and O–H groups in total. The van der Waals surface area contributed by atoms with E-state index in [1.54, 1.807) is 19.1 Å². The van der Waals surface area contributed by atoms with Crippen LogP contribution in [0.25, 0.3) is 0 Å². The van der Waals surface area contributed by atoms with E-state index < -0.39 is 18.6 Å². The molecule has 1 aromatic carbocycles. The number of hydrogen-bond acceptors (Lipinski definition) is 3. The molecule has 0 saturated carbocycles. The summed E-state index contributed by atoms with van der Waals surface area (Å²) in [6, 6.07) is 2.05. The third-order valence-electron chi connectivity index (χ3n) is 2.51. The number of aryl methyl sites for hydroxylation is 1. The second kappa shape index (κ2) is 5.48. The van der Waals surface area contributed by atoms with Crippen LogP contribution in [0.3, 0.4) is 0 Å². The van der Waals surface area contributed by atoms with Gasteiger partial charge in [0.2, 0.25) is 0 Å². The van der Waals surface area contributed by atoms with E-state index in [4.69, 9.17) is 15.2 Å². The summed E-state index contributed by atoms with van der Waals surface area (Å²) in [4.78, 5) is 0. The Labute approximate surface area is 104 Å². The number of benzene rings is 1. The summed E-state index contributed by atoms with van der Waals surface area (Å²) in [7, 11) is 2.77. The van der Waals surface area contributed by atoms with Crippen LogP contribution in [0.2, 0.25) is 0 Å². The van der Waals surface area contributed by atoms with E-state index in [2.05, 4.69) is 0 Å². The first-order chi connectivity index (χ1) is 8.28. The van der Waals surface area contributed by atoms with Crippen molar-refractivity contribution in [3.63, 3.8) is 0 Å². The number of methoxy groups -OCH3 is 2. The van der Waals surface area contributed by atoms with Gasteiger partial charge < -0.3 is 15.2 Å². The van der Waals surface area contributed by atoms with Crippen LogP contribution in [0.5, 0.6) is 11.5 Å². The summed E-state index contributed by atoms with van der Waals surface area (Å²) in [5.74, 6) is 0.618. The van der Waals surface area contributed by atoms with Crippen LogP contribution in [0.4, 0.5) is 13.2 Å². The molecule has 0 aliphatic carbocycles. The molecule has 0 bridgehead atoms. The van der Waals surface area contributed by atoms with Crippen LogP contribution in [0.15, 0.2) is 12.1 Å². The lowest BCUT2D eigenvalue weighted by molar-refractivity contribution is -0.138. The Balaban J connectivity index is 3.20. The summed E-state index contributed by atoms with van der Waals surface area (Å²) in [5, 5.41) is 0. The molecule has 0 radical (unpaired) electrons. The lowest BCUT2D eigenvalue weighted by atomic mass is 10.00. The maximum Gasteiger partial charge on any atom is 0.390 e. The monoisotopic (exact) mass is 263 g/mol. The molecule has 3 nitrogen and oxygen atoms in total. The number of hydrogen-bond donors (Lipinski definition) is 1. The summed E-state index contributed by atoms with van der Waals surface area (Å²) < 4.78 is 47.3. The third kappa shape index (κ3) is 3.53. The fourth-order valence-corrected chi connectivity index (χ4v) is 1.79. The normalized spacial score (nSPS) is 13.3. The molecule has 0 unspecified atom stereocenters. The van der Waals surface area contributed by atoms with Crippen molar-refractivity contribution in [2.75, 3.05) is 14.2 Å². The predicted molar refractivity (Wildman–Crippen MR) is 61.9 cm³/mol. The van der Waals surface area contributed by atoms with Crippen molar-refractivity contribution in [2.45, 2.75) is 25.6 Å². The standard InChI is InChI=1S/C12H16F3NO2/c1-7-4-9(17-2)11(10(5-7)18-3)8(16)6-12(13,14)15/h4-5,8H,6,16H2,1-3H3/t8-/m1/s1. The highest BCUT2D eigenvalue weighted by Crippen LogP contribution is 2.38. The molecule has 6 heteroatoms. The molecule has 0 aliphatic heterocycles. The van der Waals surface area contributed by atoms with Crippen molar-refractivity contribution in [3.8, 4) is 11.5 Å². The van der Waals surface area contributed by atoms with E-state index in [1.807, 2.05) is 0 Å². The minimum Gasteiger partial charge on any atom is -0.496 e. The highest BCUT2D eigenvalue weighted by atomic mass is 19.4. The minimum atomic E-state index is -4.33. The predicted octanol–water partition coefficient (Wildman–Crippen LogP) is 2.96. The largest absolute Gasteiger partial charge is 0.496 e. The van der Waals surface area contributed by atoms with Crippen LogP contribution < -0.4 is 15.2 Å². The summed E-state index contributed by atoms with van der Waals surface area (Å²) >= 11 is 0. The van der Waals surface area contributed by atoms with Gasteiger partial charge in [0.05, 0.1) is 26.2 Å². The fourth-order valence-electron chi connectivity index (χ4n) is 1.79. The van der Waals surface area contributed by atoms with Crippen LogP contribution in [0, 0.1) is 6.92 Å². The zero-order valence-corrected chi connectivity index (χ0v) is 10.5. The van der Waals surface area contributed by atoms with Gasteiger partial charge in [-0.2, -0.15) is 13.2 Å². The Kier molecular flexibility index (Phi) is 4.45. The summed E-state index contributed by atoms with van der Waals surface area (Å²) in [6.07, 6.45) is -5.46. The maximum atomic E-state index is 12.4. The average molecular weight is 263 g/mol. The highest BCUT2D eigenvalue weighted by molar-refractivity contribution is 5.49. The first-order valence-corrected chi connectivity index (χ1v) is 5.33. The topological polar surface area (TPSA) is 44.5 Å². The van der Waals surface area contributed by atoms with Gasteiger partial charge in [-0.15, -0.1) is 0 Å². The number of alkyl halides is 3. The van der Waals surface area contributed by atoms with Crippen LogP contribution in [-0.2, 0) is 0 Å². The Hall–Kier alpha value is -1.43. The van der Waals surface area contributed by atoms with Gasteiger partial charge >= 0.3 is 6.18 Å². The third-order valence-corrected chi connectivity index (χ3v) is 2.51. The quantitative estimate of drug-likeness (QED) is 0.908. The van der Waals surface area contributed by atoms with E-state index in [1.165, 1.54) is 14.2 Å². The first-order valence-electron chi connectivity index (χ1n) is 5.33. The lowest BCUT2D eigenvalue weighted by Gasteiger charge is -2.20. The average Bonchev–Trinajstić information content (AvgIpc) is 2.24. The van der Waals surface area contributed by atoms with Gasteiger partial charge in [-0.05, 0) is 24.6 Å². The second-order valence-corrected chi connectivity index (χ2v) is 4.01. The van der Waals surface area contributed by atoms with Crippen LogP contribution in [0.1, 0.15) is 23.6 Å². The van der Waals surface area contributed by atoms with E-state index in [-0.39, 0.29) is 5.56 Å². The van der Waals surface area contributed by atoms with Crippen LogP contribution in [-0.4, -0.2) is 20.4 Å². The van der Waals surface area contributed by atoms with E-state index >= 15 is 0 Å². The number of ether oxygens (including phenoxy) is 2. The zero-order chi connectivity index (χ0) is 13.9. The molecule has 0 aromatic heterocycles. The molecular weight excluding hydrogens is 247 g/mol. The molecule has 0 amide bonds. The Morgan fingerprint density at radius 1 is 1.17 bits per heavy atom. The van der Waals surface area contributed by atoms with Gasteiger partial charge in [-0.3, -0.25) is 0 Å². The first kappa shape index (κ1) is 14.6. The molecule has 102 valence electrons. The number of rotatable bonds is 4. The van der Waals surface area contributed by atoms with Crippen molar-refractivity contribution < 1.29 is 22.6 Å². The van der Waals surface area contributed by atoms with Gasteiger partial charge in [0.1, 0.15) is 11.5 Å². The lowest BCUT2D eigenvalue weighted by Crippen LogP contribution is -2.21. The smallest absolute Gasteiger partial charge is 0.390 e. The molecule has 1 rings (SSSR count). The highest BCUT2D eigenvalue weighted by Gasteiger charge is 2.33. The van der Waals surface area contributed by atoms with E-state index in [9.17, 15) is 13.2 Å². The molecule has 0 fully saturated rings. The minimum absolute atomic E-state index is 0.239. The molecular formula is C12H16F3NO2. The Morgan fingerprint density at radius 3 is 1.94 bits per heavy atom. The van der Waals surface area contributed by atoms with Crippen molar-refractivity contribution in [3.05, 3.63) is 23.3 Å². The molecule has 0 saturated heterocycles.